The van der Waals surface area contributed by atoms with Crippen LogP contribution in [0.2, 0.25) is 0 Å². The molecule has 0 aliphatic rings. The first-order valence-corrected chi connectivity index (χ1v) is 8.04. The molecular formula is C11H15Br2NS. The Hall–Kier alpha value is 0.330. The topological polar surface area (TPSA) is 3.24 Å². The SMILES string of the molecule is CSCCN(C)c1ccc(CBr)cc1Br. The number of halogens is 2. The Morgan fingerprint density at radius 2 is 2.13 bits per heavy atom. The van der Waals surface area contributed by atoms with E-state index in [1.54, 1.807) is 0 Å². The van der Waals surface area contributed by atoms with Gasteiger partial charge in [0.25, 0.3) is 0 Å². The maximum atomic E-state index is 3.61. The molecule has 0 N–H and O–H groups in total. The molecule has 0 saturated heterocycles. The fourth-order valence-corrected chi connectivity index (χ4v) is 2.83. The van der Waals surface area contributed by atoms with Crippen LogP contribution in [0, 0.1) is 0 Å². The van der Waals surface area contributed by atoms with Crippen molar-refractivity contribution < 1.29 is 0 Å². The largest absolute Gasteiger partial charge is 0.373 e. The quantitative estimate of drug-likeness (QED) is 0.732. The molecule has 15 heavy (non-hydrogen) atoms. The zero-order valence-corrected chi connectivity index (χ0v) is 13.0. The minimum Gasteiger partial charge on any atom is -0.373 e. The Morgan fingerprint density at radius 1 is 1.40 bits per heavy atom. The van der Waals surface area contributed by atoms with Gasteiger partial charge in [0.05, 0.1) is 5.69 Å². The standard InChI is InChI=1S/C11H15Br2NS/c1-14(5-6-15-2)11-4-3-9(8-12)7-10(11)13/h3-4,7H,5-6,8H2,1-2H3. The van der Waals surface area contributed by atoms with Crippen LogP contribution in [0.1, 0.15) is 5.56 Å². The predicted octanol–water partition coefficient (Wildman–Crippen LogP) is 4.14. The third-order valence-corrected chi connectivity index (χ3v) is 4.08. The Morgan fingerprint density at radius 3 is 2.67 bits per heavy atom. The van der Waals surface area contributed by atoms with Gasteiger partial charge in [-0.25, -0.2) is 0 Å². The van der Waals surface area contributed by atoms with Gasteiger partial charge in [-0.1, -0.05) is 22.0 Å². The zero-order chi connectivity index (χ0) is 11.3. The Balaban J connectivity index is 2.76. The summed E-state index contributed by atoms with van der Waals surface area (Å²) in [6.07, 6.45) is 2.14. The molecule has 0 aliphatic heterocycles. The average Bonchev–Trinajstić information content (AvgIpc) is 2.25. The van der Waals surface area contributed by atoms with Gasteiger partial charge in [-0.2, -0.15) is 11.8 Å². The van der Waals surface area contributed by atoms with E-state index in [4.69, 9.17) is 0 Å². The lowest BCUT2D eigenvalue weighted by molar-refractivity contribution is 0.973. The summed E-state index contributed by atoms with van der Waals surface area (Å²) in [5, 5.41) is 0.903. The number of thioether (sulfide) groups is 1. The third-order valence-electron chi connectivity index (χ3n) is 2.21. The lowest BCUT2D eigenvalue weighted by Gasteiger charge is -2.20. The number of anilines is 1. The maximum Gasteiger partial charge on any atom is 0.0508 e. The van der Waals surface area contributed by atoms with Gasteiger partial charge in [0, 0.05) is 29.1 Å². The summed E-state index contributed by atoms with van der Waals surface area (Å²) in [6, 6.07) is 6.49. The van der Waals surface area contributed by atoms with Crippen LogP contribution >= 0.6 is 43.6 Å². The van der Waals surface area contributed by atoms with Crippen LogP contribution in [0.3, 0.4) is 0 Å². The van der Waals surface area contributed by atoms with Crippen molar-refractivity contribution in [2.75, 3.05) is 30.5 Å². The predicted molar refractivity (Wildman–Crippen MR) is 78.4 cm³/mol. The molecule has 0 saturated carbocycles. The number of benzene rings is 1. The normalized spacial score (nSPS) is 10.4. The summed E-state index contributed by atoms with van der Waals surface area (Å²) < 4.78 is 1.17. The summed E-state index contributed by atoms with van der Waals surface area (Å²) >= 11 is 8.94. The van der Waals surface area contributed by atoms with Gasteiger partial charge < -0.3 is 4.90 Å². The van der Waals surface area contributed by atoms with Gasteiger partial charge in [0.1, 0.15) is 0 Å². The van der Waals surface area contributed by atoms with Crippen LogP contribution in [0.15, 0.2) is 22.7 Å². The van der Waals surface area contributed by atoms with Crippen molar-refractivity contribution in [2.45, 2.75) is 5.33 Å². The van der Waals surface area contributed by atoms with E-state index in [2.05, 4.69) is 68.3 Å². The summed E-state index contributed by atoms with van der Waals surface area (Å²) in [7, 11) is 2.13. The van der Waals surface area contributed by atoms with Crippen molar-refractivity contribution in [3.63, 3.8) is 0 Å². The van der Waals surface area contributed by atoms with E-state index in [1.807, 2.05) is 11.8 Å². The molecule has 1 aromatic carbocycles. The molecule has 1 nitrogen and oxygen atoms in total. The first-order valence-electron chi connectivity index (χ1n) is 4.73. The highest BCUT2D eigenvalue weighted by Gasteiger charge is 2.05. The number of alkyl halides is 1. The minimum atomic E-state index is 0.903. The summed E-state index contributed by atoms with van der Waals surface area (Å²) in [5.41, 5.74) is 2.55. The van der Waals surface area contributed by atoms with Gasteiger partial charge in [-0.05, 0) is 39.9 Å². The van der Waals surface area contributed by atoms with Crippen LogP contribution in [-0.4, -0.2) is 25.6 Å². The highest BCUT2D eigenvalue weighted by atomic mass is 79.9. The van der Waals surface area contributed by atoms with Gasteiger partial charge >= 0.3 is 0 Å². The van der Waals surface area contributed by atoms with Crippen LogP contribution < -0.4 is 4.90 Å². The highest BCUT2D eigenvalue weighted by molar-refractivity contribution is 9.10. The van der Waals surface area contributed by atoms with E-state index in [9.17, 15) is 0 Å². The van der Waals surface area contributed by atoms with Crippen LogP contribution in [0.5, 0.6) is 0 Å². The maximum absolute atomic E-state index is 3.61. The Labute approximate surface area is 113 Å². The molecule has 0 amide bonds. The molecule has 84 valence electrons. The molecule has 0 heterocycles. The van der Waals surface area contributed by atoms with Crippen LogP contribution in [0.25, 0.3) is 0 Å². The summed E-state index contributed by atoms with van der Waals surface area (Å²) in [6.45, 7) is 1.08. The molecule has 4 heteroatoms. The molecule has 0 fully saturated rings. The van der Waals surface area contributed by atoms with Gasteiger partial charge in [-0.15, -0.1) is 0 Å². The molecule has 0 spiro atoms. The van der Waals surface area contributed by atoms with E-state index in [1.165, 1.54) is 15.7 Å². The van der Waals surface area contributed by atoms with Crippen molar-refractivity contribution in [3.8, 4) is 0 Å². The first kappa shape index (κ1) is 13.4. The van der Waals surface area contributed by atoms with Gasteiger partial charge in [0.15, 0.2) is 0 Å². The van der Waals surface area contributed by atoms with Crippen molar-refractivity contribution >= 4 is 49.3 Å². The van der Waals surface area contributed by atoms with Crippen molar-refractivity contribution in [3.05, 3.63) is 28.2 Å². The van der Waals surface area contributed by atoms with E-state index >= 15 is 0 Å². The minimum absolute atomic E-state index is 0.903. The molecule has 0 radical (unpaired) electrons. The Kier molecular flexibility index (Phi) is 6.09. The Bertz CT molecular complexity index is 317. The third kappa shape index (κ3) is 4.00. The van der Waals surface area contributed by atoms with Crippen molar-refractivity contribution in [2.24, 2.45) is 0 Å². The number of hydrogen-bond acceptors (Lipinski definition) is 2. The summed E-state index contributed by atoms with van der Waals surface area (Å²) in [5.74, 6) is 1.16. The lowest BCUT2D eigenvalue weighted by Crippen LogP contribution is -2.20. The second-order valence-corrected chi connectivity index (χ2v) is 5.73. The van der Waals surface area contributed by atoms with Crippen molar-refractivity contribution in [1.29, 1.82) is 0 Å². The van der Waals surface area contributed by atoms with Crippen LogP contribution in [-0.2, 0) is 5.33 Å². The molecule has 1 aromatic rings. The van der Waals surface area contributed by atoms with E-state index in [0.717, 1.165) is 17.6 Å². The summed E-state index contributed by atoms with van der Waals surface area (Å²) in [4.78, 5) is 2.28. The van der Waals surface area contributed by atoms with E-state index in [0.29, 0.717) is 0 Å². The second-order valence-electron chi connectivity index (χ2n) is 3.33. The van der Waals surface area contributed by atoms with E-state index in [-0.39, 0.29) is 0 Å². The van der Waals surface area contributed by atoms with Gasteiger partial charge in [-0.3, -0.25) is 0 Å². The fourth-order valence-electron chi connectivity index (χ4n) is 1.29. The van der Waals surface area contributed by atoms with Gasteiger partial charge in [0.2, 0.25) is 0 Å². The molecule has 1 rings (SSSR count). The van der Waals surface area contributed by atoms with E-state index < -0.39 is 0 Å². The zero-order valence-electron chi connectivity index (χ0n) is 8.96. The number of hydrogen-bond donors (Lipinski definition) is 0. The molecule has 0 bridgehead atoms. The number of rotatable bonds is 5. The molecule has 0 aromatic heterocycles. The van der Waals surface area contributed by atoms with Crippen LogP contribution in [0.4, 0.5) is 5.69 Å². The fraction of sp³-hybridized carbons (Fsp3) is 0.455. The number of nitrogens with zero attached hydrogens (tertiary/aromatic N) is 1. The molecule has 0 unspecified atom stereocenters. The highest BCUT2D eigenvalue weighted by Crippen LogP contribution is 2.27. The van der Waals surface area contributed by atoms with Crippen molar-refractivity contribution in [1.82, 2.24) is 0 Å². The second kappa shape index (κ2) is 6.81. The first-order chi connectivity index (χ1) is 7.19. The smallest absolute Gasteiger partial charge is 0.0508 e. The molecule has 0 aliphatic carbocycles. The molecular weight excluding hydrogens is 338 g/mol. The monoisotopic (exact) mass is 351 g/mol. The molecule has 0 atom stereocenters. The lowest BCUT2D eigenvalue weighted by atomic mass is 10.2. The average molecular weight is 353 g/mol.